The van der Waals surface area contributed by atoms with Crippen molar-refractivity contribution in [1.29, 1.82) is 0 Å². The Hall–Kier alpha value is -1.07. The van der Waals surface area contributed by atoms with Gasteiger partial charge in [0.1, 0.15) is 0 Å². The van der Waals surface area contributed by atoms with E-state index in [1.807, 2.05) is 18.0 Å². The average Bonchev–Trinajstić information content (AvgIpc) is 2.98. The summed E-state index contributed by atoms with van der Waals surface area (Å²) in [5, 5.41) is 6.63. The van der Waals surface area contributed by atoms with Crippen LogP contribution in [0.1, 0.15) is 25.7 Å². The molecule has 2 fully saturated rings. The number of thioether (sulfide) groups is 1. The van der Waals surface area contributed by atoms with Gasteiger partial charge in [-0.3, -0.25) is 9.79 Å². The number of hydrogen-bond donors (Lipinski definition) is 2. The molecule has 5 heteroatoms. The lowest BCUT2D eigenvalue weighted by Crippen LogP contribution is -2.46. The quantitative estimate of drug-likeness (QED) is 0.779. The Morgan fingerprint density at radius 2 is 2.26 bits per heavy atom. The smallest absolute Gasteiger partial charge is 0.224 e. The molecule has 0 aromatic carbocycles. The minimum atomic E-state index is 0.0558. The summed E-state index contributed by atoms with van der Waals surface area (Å²) >= 11 is 1.95. The van der Waals surface area contributed by atoms with Crippen molar-refractivity contribution in [2.45, 2.75) is 30.4 Å². The highest BCUT2D eigenvalue weighted by molar-refractivity contribution is 8.01. The summed E-state index contributed by atoms with van der Waals surface area (Å²) in [7, 11) is 0. The molecule has 3 heterocycles. The Labute approximate surface area is 142 Å². The first-order valence-corrected chi connectivity index (χ1v) is 9.79. The van der Waals surface area contributed by atoms with Crippen molar-refractivity contribution in [3.05, 3.63) is 24.4 Å². The van der Waals surface area contributed by atoms with Crippen LogP contribution < -0.4 is 10.6 Å². The van der Waals surface area contributed by atoms with Crippen LogP contribution >= 0.6 is 11.8 Å². The first kappa shape index (κ1) is 15.5. The Bertz CT molecular complexity index is 565. The standard InChI is InChI=1S/C18H25N3OS/c22-17(21-11-13-4-8-19-9-5-13)14-12-23-18-7-2-1-3-16(18)20-10-6-15(14)18/h1-2,6,10,13-15,19H,3-5,7-9,11-12H2,(H,21,22). The number of nitrogens with one attached hydrogen (secondary N) is 2. The third-order valence-electron chi connectivity index (χ3n) is 5.76. The molecule has 4 rings (SSSR count). The lowest BCUT2D eigenvalue weighted by atomic mass is 9.73. The van der Waals surface area contributed by atoms with Crippen molar-refractivity contribution in [3.8, 4) is 0 Å². The van der Waals surface area contributed by atoms with Gasteiger partial charge in [-0.2, -0.15) is 0 Å². The van der Waals surface area contributed by atoms with Gasteiger partial charge in [-0.05, 0) is 38.3 Å². The predicted molar refractivity (Wildman–Crippen MR) is 95.7 cm³/mol. The largest absolute Gasteiger partial charge is 0.356 e. The third kappa shape index (κ3) is 2.78. The second-order valence-corrected chi connectivity index (χ2v) is 8.42. The van der Waals surface area contributed by atoms with Gasteiger partial charge in [-0.1, -0.05) is 18.2 Å². The Morgan fingerprint density at radius 1 is 1.39 bits per heavy atom. The predicted octanol–water partition coefficient (Wildman–Crippen LogP) is 2.14. The van der Waals surface area contributed by atoms with Crippen molar-refractivity contribution in [2.24, 2.45) is 22.7 Å². The summed E-state index contributed by atoms with van der Waals surface area (Å²) in [6.45, 7) is 3.01. The minimum absolute atomic E-state index is 0.0558. The molecule has 4 nitrogen and oxygen atoms in total. The molecule has 124 valence electrons. The first-order chi connectivity index (χ1) is 11.3. The zero-order chi connectivity index (χ0) is 15.7. The fourth-order valence-electron chi connectivity index (χ4n) is 4.36. The third-order valence-corrected chi connectivity index (χ3v) is 7.48. The summed E-state index contributed by atoms with van der Waals surface area (Å²) in [5.41, 5.74) is 1.27. The number of carbonyl (C=O) groups is 1. The summed E-state index contributed by atoms with van der Waals surface area (Å²) in [6.07, 6.45) is 12.9. The van der Waals surface area contributed by atoms with Crippen molar-refractivity contribution in [3.63, 3.8) is 0 Å². The highest BCUT2D eigenvalue weighted by atomic mass is 32.2. The zero-order valence-corrected chi connectivity index (χ0v) is 14.3. The van der Waals surface area contributed by atoms with Crippen LogP contribution in [0, 0.1) is 17.8 Å². The molecule has 23 heavy (non-hydrogen) atoms. The second-order valence-electron chi connectivity index (χ2n) is 7.07. The van der Waals surface area contributed by atoms with Crippen LogP contribution in [0.4, 0.5) is 0 Å². The number of amides is 1. The number of nitrogens with zero attached hydrogens (tertiary/aromatic N) is 1. The molecule has 1 spiro atoms. The van der Waals surface area contributed by atoms with Crippen molar-refractivity contribution in [2.75, 3.05) is 25.4 Å². The van der Waals surface area contributed by atoms with E-state index in [1.165, 1.54) is 18.6 Å². The van der Waals surface area contributed by atoms with Gasteiger partial charge in [-0.25, -0.2) is 0 Å². The fraction of sp³-hybridized carbons (Fsp3) is 0.667. The van der Waals surface area contributed by atoms with Crippen molar-refractivity contribution in [1.82, 2.24) is 10.6 Å². The molecule has 3 aliphatic heterocycles. The fourth-order valence-corrected chi connectivity index (χ4v) is 6.14. The van der Waals surface area contributed by atoms with E-state index in [-0.39, 0.29) is 16.6 Å². The Kier molecular flexibility index (Phi) is 4.33. The summed E-state index contributed by atoms with van der Waals surface area (Å²) in [5.74, 6) is 2.20. The monoisotopic (exact) mass is 331 g/mol. The van der Waals surface area contributed by atoms with E-state index in [0.29, 0.717) is 11.8 Å². The van der Waals surface area contributed by atoms with Crippen LogP contribution in [-0.2, 0) is 4.79 Å². The van der Waals surface area contributed by atoms with Crippen LogP contribution in [0.2, 0.25) is 0 Å². The normalized spacial score (nSPS) is 36.3. The number of piperidine rings is 1. The molecule has 0 radical (unpaired) electrons. The zero-order valence-electron chi connectivity index (χ0n) is 13.5. The van der Waals surface area contributed by atoms with E-state index in [4.69, 9.17) is 0 Å². The van der Waals surface area contributed by atoms with Gasteiger partial charge < -0.3 is 10.6 Å². The Balaban J connectivity index is 1.42. The van der Waals surface area contributed by atoms with E-state index >= 15 is 0 Å². The van der Waals surface area contributed by atoms with Crippen LogP contribution in [0.25, 0.3) is 0 Å². The van der Waals surface area contributed by atoms with Gasteiger partial charge in [-0.15, -0.1) is 11.8 Å². The maximum atomic E-state index is 12.8. The second kappa shape index (κ2) is 6.44. The molecular formula is C18H25N3OS. The molecule has 0 saturated carbocycles. The van der Waals surface area contributed by atoms with Gasteiger partial charge in [0.15, 0.2) is 0 Å². The topological polar surface area (TPSA) is 53.5 Å². The van der Waals surface area contributed by atoms with E-state index in [2.05, 4.69) is 33.9 Å². The molecule has 3 atom stereocenters. The molecule has 0 bridgehead atoms. The molecule has 2 saturated heterocycles. The SMILES string of the molecule is O=C(NCC1CCNCC1)C1CSC23CC=CCC2=NC=CC13. The molecule has 0 aromatic rings. The van der Waals surface area contributed by atoms with Crippen LogP contribution in [0.15, 0.2) is 29.4 Å². The summed E-state index contributed by atoms with van der Waals surface area (Å²) < 4.78 is 0.0558. The number of rotatable bonds is 3. The number of aliphatic imine (C=N–C) groups is 1. The molecule has 3 unspecified atom stereocenters. The van der Waals surface area contributed by atoms with Crippen LogP contribution in [0.3, 0.4) is 0 Å². The highest BCUT2D eigenvalue weighted by Crippen LogP contribution is 2.53. The summed E-state index contributed by atoms with van der Waals surface area (Å²) in [4.78, 5) is 17.4. The van der Waals surface area contributed by atoms with Gasteiger partial charge in [0.25, 0.3) is 0 Å². The van der Waals surface area contributed by atoms with E-state index in [9.17, 15) is 4.79 Å². The maximum absolute atomic E-state index is 12.8. The molecule has 1 aliphatic carbocycles. The van der Waals surface area contributed by atoms with Crippen molar-refractivity contribution >= 4 is 23.4 Å². The van der Waals surface area contributed by atoms with Gasteiger partial charge in [0, 0.05) is 36.5 Å². The number of allylic oxidation sites excluding steroid dienone is 3. The number of hydrogen-bond acceptors (Lipinski definition) is 4. The lowest BCUT2D eigenvalue weighted by molar-refractivity contribution is -0.125. The van der Waals surface area contributed by atoms with Gasteiger partial charge in [0.2, 0.25) is 5.91 Å². The van der Waals surface area contributed by atoms with Gasteiger partial charge >= 0.3 is 0 Å². The molecule has 1 amide bonds. The van der Waals surface area contributed by atoms with Gasteiger partial charge in [0.05, 0.1) is 10.7 Å². The van der Waals surface area contributed by atoms with E-state index < -0.39 is 0 Å². The molecule has 2 N–H and O–H groups in total. The maximum Gasteiger partial charge on any atom is 0.224 e. The summed E-state index contributed by atoms with van der Waals surface area (Å²) in [6, 6.07) is 0. The van der Waals surface area contributed by atoms with E-state index in [1.54, 1.807) is 0 Å². The first-order valence-electron chi connectivity index (χ1n) is 8.81. The molecule has 0 aromatic heterocycles. The van der Waals surface area contributed by atoms with Crippen molar-refractivity contribution < 1.29 is 4.79 Å². The van der Waals surface area contributed by atoms with Crippen LogP contribution in [0.5, 0.6) is 0 Å². The lowest BCUT2D eigenvalue weighted by Gasteiger charge is -2.38. The molecule has 4 aliphatic rings. The highest BCUT2D eigenvalue weighted by Gasteiger charge is 2.54. The number of carbonyl (C=O) groups excluding carboxylic acids is 1. The average molecular weight is 331 g/mol. The Morgan fingerprint density at radius 3 is 3.13 bits per heavy atom. The van der Waals surface area contributed by atoms with E-state index in [0.717, 1.165) is 38.2 Å². The molecular weight excluding hydrogens is 306 g/mol. The van der Waals surface area contributed by atoms with Crippen LogP contribution in [-0.4, -0.2) is 41.8 Å². The minimum Gasteiger partial charge on any atom is -0.356 e.